The van der Waals surface area contributed by atoms with Gasteiger partial charge in [-0.3, -0.25) is 9.97 Å². The summed E-state index contributed by atoms with van der Waals surface area (Å²) >= 11 is 0. The predicted octanol–water partition coefficient (Wildman–Crippen LogP) is 25.4. The van der Waals surface area contributed by atoms with Crippen molar-refractivity contribution in [3.8, 4) is 136 Å². The molecule has 6 aromatic heterocycles. The Balaban J connectivity index is 0.000000118. The maximum Gasteiger partial charge on any atom is 0.164 e. The summed E-state index contributed by atoms with van der Waals surface area (Å²) in [5.41, 5.74) is 17.4. The van der Waals surface area contributed by atoms with Gasteiger partial charge in [-0.15, -0.1) is 0 Å². The molecule has 0 amide bonds. The minimum atomic E-state index is 0.620. The van der Waals surface area contributed by atoms with Crippen molar-refractivity contribution in [1.29, 1.82) is 0 Å². The van der Waals surface area contributed by atoms with Gasteiger partial charge in [-0.2, -0.15) is 0 Å². The van der Waals surface area contributed by atoms with E-state index in [1.165, 1.54) is 32.3 Å². The Morgan fingerprint density at radius 1 is 0.136 bits per heavy atom. The summed E-state index contributed by atoms with van der Waals surface area (Å²) in [5, 5.41) is 14.0. The second-order valence-corrected chi connectivity index (χ2v) is 29.4. The van der Waals surface area contributed by atoms with Crippen LogP contribution in [0.2, 0.25) is 0 Å². The second-order valence-electron chi connectivity index (χ2n) is 29.4. The Labute approximate surface area is 682 Å². The first-order valence-electron chi connectivity index (χ1n) is 39.2. The zero-order valence-electron chi connectivity index (χ0n) is 65.0. The number of fused-ring (bicyclic) bond motifs is 6. The van der Waals surface area contributed by atoms with Crippen LogP contribution in [0.15, 0.2) is 370 Å². The Morgan fingerprint density at radius 2 is 0.381 bits per heavy atom. The molecule has 0 saturated heterocycles. The zero-order chi connectivity index (χ0) is 79.4. The van der Waals surface area contributed by atoms with E-state index in [0.29, 0.717) is 58.2 Å². The first-order chi connectivity index (χ1) is 58.0. The molecule has 118 heavy (non-hydrogen) atoms. The third-order valence-corrected chi connectivity index (χ3v) is 21.0. The first-order valence-corrected chi connectivity index (χ1v) is 39.2. The van der Waals surface area contributed by atoms with E-state index in [1.54, 1.807) is 0 Å². The van der Waals surface area contributed by atoms with Crippen molar-refractivity contribution in [1.82, 2.24) is 64.8 Å². The predicted molar refractivity (Wildman–Crippen MR) is 480 cm³/mol. The van der Waals surface area contributed by atoms with Crippen LogP contribution in [0.25, 0.3) is 201 Å². The van der Waals surface area contributed by atoms with Crippen molar-refractivity contribution in [2.24, 2.45) is 0 Å². The molecule has 0 aliphatic carbocycles. The molecule has 0 saturated carbocycles. The minimum Gasteiger partial charge on any atom is -0.261 e. The highest BCUT2D eigenvalue weighted by Gasteiger charge is 2.20. The Hall–Kier alpha value is -15.7. The van der Waals surface area contributed by atoms with E-state index in [-0.39, 0.29) is 0 Å². The molecular weight excluding hydrogens is 1440 g/mol. The highest BCUT2D eigenvalue weighted by Crippen LogP contribution is 2.36. The fourth-order valence-electron chi connectivity index (χ4n) is 14.9. The molecule has 15 aromatic carbocycles. The maximum atomic E-state index is 4.98. The maximum absolute atomic E-state index is 4.98. The normalized spacial score (nSPS) is 11.2. The van der Waals surface area contributed by atoms with Crippen LogP contribution >= 0.6 is 0 Å². The monoisotopic (exact) mass is 1520 g/mol. The molecule has 0 aliphatic rings. The lowest BCUT2D eigenvalue weighted by atomic mass is 10.0. The highest BCUT2D eigenvalue weighted by molar-refractivity contribution is 5.93. The molecule has 21 aromatic rings. The van der Waals surface area contributed by atoms with Crippen molar-refractivity contribution in [3.63, 3.8) is 0 Å². The van der Waals surface area contributed by atoms with Gasteiger partial charge in [0.15, 0.2) is 58.2 Å². The molecule has 0 N–H and O–H groups in total. The van der Waals surface area contributed by atoms with Gasteiger partial charge in [0, 0.05) is 95.7 Å². The molecule has 13 heteroatoms. The van der Waals surface area contributed by atoms with Gasteiger partial charge in [-0.25, -0.2) is 54.8 Å². The summed E-state index contributed by atoms with van der Waals surface area (Å²) in [6.45, 7) is 7.97. The van der Waals surface area contributed by atoms with Gasteiger partial charge in [0.2, 0.25) is 0 Å². The van der Waals surface area contributed by atoms with Crippen LogP contribution < -0.4 is 0 Å². The third-order valence-electron chi connectivity index (χ3n) is 21.0. The molecule has 0 bridgehead atoms. The number of pyridine rings is 2. The lowest BCUT2D eigenvalue weighted by Gasteiger charge is -2.11. The van der Waals surface area contributed by atoms with Crippen LogP contribution in [0.5, 0.6) is 0 Å². The van der Waals surface area contributed by atoms with Crippen LogP contribution in [0, 0.1) is 27.7 Å². The summed E-state index contributed by atoms with van der Waals surface area (Å²) in [6, 6.07) is 125. The van der Waals surface area contributed by atoms with Crippen molar-refractivity contribution in [2.75, 3.05) is 0 Å². The molecule has 13 nitrogen and oxygen atoms in total. The SMILES string of the molecule is Cc1cc(C)nc(-c2ccc(-c3nc(-c4ccc5ccccc5c4)nc(-c4ccc5ccccc5c4)n3)cc2)n1.Cc1ccc(-c2cccc(-c3nc(-c4ccc5ccccc5c4)nc(-c4ccc5ccccc5c4)n3)c2)cn1.Cc1cccc(-c2cccc(-c3nc(-c4ccc5ccccc5c4)nc(-c4ccc5ccccc5c4)n3)c2)n1. The van der Waals surface area contributed by atoms with Gasteiger partial charge in [-0.05, 0) is 171 Å². The van der Waals surface area contributed by atoms with Gasteiger partial charge >= 0.3 is 0 Å². The summed E-state index contributed by atoms with van der Waals surface area (Å²) in [4.78, 5) is 63.1. The molecule has 0 aliphatic heterocycles. The van der Waals surface area contributed by atoms with E-state index in [9.17, 15) is 0 Å². The lowest BCUT2D eigenvalue weighted by Crippen LogP contribution is -2.00. The number of aromatic nitrogens is 13. The minimum absolute atomic E-state index is 0.620. The van der Waals surface area contributed by atoms with Gasteiger partial charge in [0.25, 0.3) is 0 Å². The van der Waals surface area contributed by atoms with Crippen LogP contribution in [0.1, 0.15) is 22.8 Å². The molecule has 0 radical (unpaired) electrons. The van der Waals surface area contributed by atoms with Gasteiger partial charge in [-0.1, -0.05) is 291 Å². The average Bonchev–Trinajstić information content (AvgIpc) is 0.788. The van der Waals surface area contributed by atoms with Gasteiger partial charge in [0.05, 0.1) is 5.69 Å². The van der Waals surface area contributed by atoms with E-state index in [0.717, 1.165) is 133 Å². The Morgan fingerprint density at radius 3 is 0.686 bits per heavy atom. The van der Waals surface area contributed by atoms with Crippen LogP contribution in [0.3, 0.4) is 0 Å². The fraction of sp³-hybridized carbons (Fsp3) is 0.0381. The van der Waals surface area contributed by atoms with E-state index in [1.807, 2.05) is 131 Å². The summed E-state index contributed by atoms with van der Waals surface area (Å²) in [5.74, 6) is 6.47. The number of rotatable bonds is 12. The molecule has 0 fully saturated rings. The number of benzene rings is 15. The lowest BCUT2D eigenvalue weighted by molar-refractivity contribution is 1.06. The summed E-state index contributed by atoms with van der Waals surface area (Å²) in [6.07, 6.45) is 1.91. The fourth-order valence-corrected chi connectivity index (χ4v) is 14.9. The Bertz CT molecular complexity index is 7080. The van der Waals surface area contributed by atoms with Crippen LogP contribution in [-0.2, 0) is 0 Å². The van der Waals surface area contributed by atoms with E-state index in [2.05, 4.69) is 282 Å². The van der Waals surface area contributed by atoms with Gasteiger partial charge < -0.3 is 0 Å². The molecule has 0 spiro atoms. The van der Waals surface area contributed by atoms with Crippen molar-refractivity contribution >= 4 is 64.6 Å². The topological polar surface area (TPSA) is 168 Å². The first kappa shape index (κ1) is 72.5. The quantitative estimate of drug-likeness (QED) is 0.113. The third kappa shape index (κ3) is 15.8. The number of hydrogen-bond acceptors (Lipinski definition) is 13. The number of nitrogens with zero attached hydrogens (tertiary/aromatic N) is 13. The van der Waals surface area contributed by atoms with E-state index in [4.69, 9.17) is 49.8 Å². The van der Waals surface area contributed by atoms with Crippen molar-refractivity contribution in [2.45, 2.75) is 27.7 Å². The van der Waals surface area contributed by atoms with E-state index < -0.39 is 0 Å². The number of hydrogen-bond donors (Lipinski definition) is 0. The molecular formula is C105H73N13. The molecule has 6 heterocycles. The zero-order valence-corrected chi connectivity index (χ0v) is 65.0. The van der Waals surface area contributed by atoms with Crippen molar-refractivity contribution in [3.05, 3.63) is 393 Å². The molecule has 0 unspecified atom stereocenters. The highest BCUT2D eigenvalue weighted by atomic mass is 15.1. The Kier molecular flexibility index (Phi) is 19.7. The molecule has 558 valence electrons. The van der Waals surface area contributed by atoms with Crippen LogP contribution in [-0.4, -0.2) is 64.8 Å². The summed E-state index contributed by atoms with van der Waals surface area (Å²) < 4.78 is 0. The average molecular weight is 1520 g/mol. The largest absolute Gasteiger partial charge is 0.261 e. The van der Waals surface area contributed by atoms with Crippen LogP contribution in [0.4, 0.5) is 0 Å². The smallest absolute Gasteiger partial charge is 0.164 e. The molecule has 21 rings (SSSR count). The van der Waals surface area contributed by atoms with Gasteiger partial charge in [0.1, 0.15) is 0 Å². The van der Waals surface area contributed by atoms with E-state index >= 15 is 0 Å². The number of aryl methyl sites for hydroxylation is 4. The van der Waals surface area contributed by atoms with Crippen molar-refractivity contribution < 1.29 is 0 Å². The summed E-state index contributed by atoms with van der Waals surface area (Å²) in [7, 11) is 0. The second kappa shape index (κ2) is 32.0. The standard InChI is InChI=1S/C35H25N5.2C35H24N4/c1-22-19-23(2)37-32(36-22)26-13-15-27(16-14-26)33-38-34(30-17-11-24-7-3-5-9-28(24)20-30)40-35(39-33)31-18-12-25-8-4-6-10-29(25)21-31;1-23-8-6-15-32(36-23)28-13-7-14-29(22-28)33-37-34(30-18-16-24-9-2-4-11-26(24)20-30)39-35(38-33)31-19-17-25-10-3-5-12-27(25)21-31;1-23-13-14-32(22-36-23)28-11-6-12-29(21-28)33-37-34(30-17-15-24-7-2-4-9-26(24)19-30)39-35(38-33)31-18-16-25-8-3-5-10-27(25)20-31/h3-21H,1-2H3;2*2-22H,1H3. The molecule has 0 atom stereocenters.